The highest BCUT2D eigenvalue weighted by Gasteiger charge is 1.71. The van der Waals surface area contributed by atoms with Gasteiger partial charge >= 0.3 is 0 Å². The van der Waals surface area contributed by atoms with Gasteiger partial charge in [0.2, 0.25) is 0 Å². The Balaban J connectivity index is 2.69. The average Bonchev–Trinajstić information content (AvgIpc) is 1.69. The van der Waals surface area contributed by atoms with Crippen molar-refractivity contribution in [1.82, 2.24) is 0 Å². The maximum atomic E-state index is 8.13. The molecular weight excluding hydrogens is 92.1 g/mol. The molecule has 0 aromatic carbocycles. The molecule has 0 rings (SSSR count). The van der Waals surface area contributed by atoms with Gasteiger partial charge in [0.1, 0.15) is 6.61 Å². The minimum Gasteiger partial charge on any atom is -0.499 e. The summed E-state index contributed by atoms with van der Waals surface area (Å²) in [5.74, 6) is 0. The Hall–Kier alpha value is -0.500. The Bertz CT molecular complexity index is 50.0. The highest BCUT2D eigenvalue weighted by atomic mass is 16.5. The first kappa shape index (κ1) is 6.50. The van der Waals surface area contributed by atoms with Crippen LogP contribution in [-0.4, -0.2) is 18.3 Å². The first-order valence-electron chi connectivity index (χ1n) is 2.25. The second kappa shape index (κ2) is 5.50. The standard InChI is InChI=1S/C5H10O2/c1-2-4-7-5-3-6/h2,4,6H,3,5H2,1H3/b4-2-. The van der Waals surface area contributed by atoms with Crippen molar-refractivity contribution in [3.63, 3.8) is 0 Å². The fourth-order valence-electron chi connectivity index (χ4n) is 0.217. The van der Waals surface area contributed by atoms with Crippen LogP contribution in [0.3, 0.4) is 0 Å². The fraction of sp³-hybridized carbons (Fsp3) is 0.600. The van der Waals surface area contributed by atoms with Crippen LogP contribution in [0.1, 0.15) is 6.92 Å². The summed E-state index contributed by atoms with van der Waals surface area (Å²) in [5, 5.41) is 8.13. The molecule has 0 unspecified atom stereocenters. The van der Waals surface area contributed by atoms with Crippen LogP contribution in [0.25, 0.3) is 0 Å². The largest absolute Gasteiger partial charge is 0.499 e. The molecule has 0 aliphatic heterocycles. The first-order chi connectivity index (χ1) is 3.41. The van der Waals surface area contributed by atoms with E-state index in [9.17, 15) is 0 Å². The van der Waals surface area contributed by atoms with Gasteiger partial charge in [0.05, 0.1) is 12.9 Å². The van der Waals surface area contributed by atoms with E-state index in [2.05, 4.69) is 0 Å². The lowest BCUT2D eigenvalue weighted by molar-refractivity contribution is 0.166. The molecular formula is C5H10O2. The van der Waals surface area contributed by atoms with E-state index in [0.29, 0.717) is 6.61 Å². The van der Waals surface area contributed by atoms with Gasteiger partial charge in [-0.05, 0) is 6.92 Å². The number of allylic oxidation sites excluding steroid dienone is 1. The summed E-state index contributed by atoms with van der Waals surface area (Å²) in [4.78, 5) is 0. The fourth-order valence-corrected chi connectivity index (χ4v) is 0.217. The maximum Gasteiger partial charge on any atom is 0.110 e. The highest BCUT2D eigenvalue weighted by molar-refractivity contribution is 4.64. The van der Waals surface area contributed by atoms with Gasteiger partial charge in [-0.1, -0.05) is 6.08 Å². The van der Waals surface area contributed by atoms with E-state index in [4.69, 9.17) is 9.84 Å². The zero-order valence-corrected chi connectivity index (χ0v) is 4.42. The van der Waals surface area contributed by atoms with E-state index in [1.54, 1.807) is 12.3 Å². The smallest absolute Gasteiger partial charge is 0.110 e. The third kappa shape index (κ3) is 5.50. The highest BCUT2D eigenvalue weighted by Crippen LogP contribution is 1.72. The van der Waals surface area contributed by atoms with Crippen LogP contribution in [0, 0.1) is 0 Å². The first-order valence-corrected chi connectivity index (χ1v) is 2.25. The number of aliphatic hydroxyl groups is 1. The summed E-state index contributed by atoms with van der Waals surface area (Å²) < 4.78 is 4.70. The molecule has 0 radical (unpaired) electrons. The van der Waals surface area contributed by atoms with Gasteiger partial charge in [0.15, 0.2) is 0 Å². The predicted molar refractivity (Wildman–Crippen MR) is 27.9 cm³/mol. The minimum atomic E-state index is 0.0876. The Morgan fingerprint density at radius 2 is 2.43 bits per heavy atom. The number of aliphatic hydroxyl groups excluding tert-OH is 1. The van der Waals surface area contributed by atoms with E-state index in [1.807, 2.05) is 6.92 Å². The molecule has 0 saturated heterocycles. The van der Waals surface area contributed by atoms with Crippen LogP contribution in [0.5, 0.6) is 0 Å². The lowest BCUT2D eigenvalue weighted by atomic mass is 10.7. The molecule has 7 heavy (non-hydrogen) atoms. The van der Waals surface area contributed by atoms with Crippen LogP contribution < -0.4 is 0 Å². The molecule has 0 aliphatic carbocycles. The van der Waals surface area contributed by atoms with E-state index in [0.717, 1.165) is 0 Å². The van der Waals surface area contributed by atoms with Crippen LogP contribution in [0.2, 0.25) is 0 Å². The van der Waals surface area contributed by atoms with Crippen LogP contribution in [0.15, 0.2) is 12.3 Å². The SMILES string of the molecule is C/C=C\OCCO. The van der Waals surface area contributed by atoms with Crippen molar-refractivity contribution in [1.29, 1.82) is 0 Å². The second-order valence-electron chi connectivity index (χ2n) is 1.06. The maximum absolute atomic E-state index is 8.13. The average molecular weight is 102 g/mol. The molecule has 2 nitrogen and oxygen atoms in total. The Kier molecular flexibility index (Phi) is 5.11. The summed E-state index contributed by atoms with van der Waals surface area (Å²) in [6.45, 7) is 2.34. The van der Waals surface area contributed by atoms with Crippen molar-refractivity contribution in [2.75, 3.05) is 13.2 Å². The molecule has 0 bridgehead atoms. The zero-order valence-electron chi connectivity index (χ0n) is 4.42. The van der Waals surface area contributed by atoms with Crippen molar-refractivity contribution in [2.24, 2.45) is 0 Å². The summed E-state index contributed by atoms with van der Waals surface area (Å²) in [7, 11) is 0. The van der Waals surface area contributed by atoms with Crippen molar-refractivity contribution in [2.45, 2.75) is 6.92 Å². The summed E-state index contributed by atoms with van der Waals surface area (Å²) in [6.07, 6.45) is 3.33. The second-order valence-corrected chi connectivity index (χ2v) is 1.06. The van der Waals surface area contributed by atoms with Gasteiger partial charge in [-0.25, -0.2) is 0 Å². The number of hydrogen-bond acceptors (Lipinski definition) is 2. The summed E-state index contributed by atoms with van der Waals surface area (Å²) in [5.41, 5.74) is 0. The molecule has 0 spiro atoms. The molecule has 1 N–H and O–H groups in total. The third-order valence-electron chi connectivity index (χ3n) is 0.441. The van der Waals surface area contributed by atoms with Gasteiger partial charge < -0.3 is 9.84 Å². The molecule has 0 amide bonds. The topological polar surface area (TPSA) is 29.5 Å². The molecule has 0 fully saturated rings. The molecule has 0 aromatic heterocycles. The lowest BCUT2D eigenvalue weighted by Crippen LogP contribution is -1.91. The zero-order chi connectivity index (χ0) is 5.54. The van der Waals surface area contributed by atoms with Crippen molar-refractivity contribution >= 4 is 0 Å². The van der Waals surface area contributed by atoms with Crippen molar-refractivity contribution < 1.29 is 9.84 Å². The summed E-state index contributed by atoms with van der Waals surface area (Å²) >= 11 is 0. The Morgan fingerprint density at radius 1 is 1.71 bits per heavy atom. The quantitative estimate of drug-likeness (QED) is 0.416. The van der Waals surface area contributed by atoms with Crippen molar-refractivity contribution in [3.8, 4) is 0 Å². The molecule has 0 atom stereocenters. The molecule has 0 saturated carbocycles. The number of rotatable bonds is 3. The predicted octanol–water partition coefficient (Wildman–Crippen LogP) is 0.529. The van der Waals surface area contributed by atoms with E-state index >= 15 is 0 Å². The lowest BCUT2D eigenvalue weighted by Gasteiger charge is -1.91. The van der Waals surface area contributed by atoms with Crippen molar-refractivity contribution in [3.05, 3.63) is 12.3 Å². The molecule has 42 valence electrons. The normalized spacial score (nSPS) is 10.0. The van der Waals surface area contributed by atoms with Gasteiger partial charge in [-0.3, -0.25) is 0 Å². The molecule has 2 heteroatoms. The Labute approximate surface area is 43.4 Å². The van der Waals surface area contributed by atoms with Gasteiger partial charge in [-0.15, -0.1) is 0 Å². The van der Waals surface area contributed by atoms with E-state index in [1.165, 1.54) is 0 Å². The monoisotopic (exact) mass is 102 g/mol. The number of ether oxygens (including phenoxy) is 1. The molecule has 0 heterocycles. The van der Waals surface area contributed by atoms with Gasteiger partial charge in [0.25, 0.3) is 0 Å². The number of hydrogen-bond donors (Lipinski definition) is 1. The van der Waals surface area contributed by atoms with Crippen LogP contribution >= 0.6 is 0 Å². The Morgan fingerprint density at radius 3 is 2.86 bits per heavy atom. The van der Waals surface area contributed by atoms with Crippen LogP contribution in [0.4, 0.5) is 0 Å². The molecule has 0 aliphatic rings. The molecule has 0 aromatic rings. The van der Waals surface area contributed by atoms with Gasteiger partial charge in [0, 0.05) is 0 Å². The van der Waals surface area contributed by atoms with E-state index in [-0.39, 0.29) is 6.61 Å². The van der Waals surface area contributed by atoms with Crippen LogP contribution in [-0.2, 0) is 4.74 Å². The third-order valence-corrected chi connectivity index (χ3v) is 0.441. The van der Waals surface area contributed by atoms with Gasteiger partial charge in [-0.2, -0.15) is 0 Å². The van der Waals surface area contributed by atoms with E-state index < -0.39 is 0 Å². The minimum absolute atomic E-state index is 0.0876. The summed E-state index contributed by atoms with van der Waals surface area (Å²) in [6, 6.07) is 0.